The number of hydrogen-bond donors (Lipinski definition) is 1. The normalized spacial score (nSPS) is 10.1. The molecule has 0 aliphatic carbocycles. The second-order valence-electron chi connectivity index (χ2n) is 5.03. The Morgan fingerprint density at radius 1 is 1.23 bits per heavy atom. The maximum atomic E-state index is 12.1. The number of methoxy groups -OCH3 is 1. The number of rotatable bonds is 5. The first kappa shape index (κ1) is 15.7. The van der Waals surface area contributed by atoms with E-state index in [1.165, 1.54) is 14.0 Å². The summed E-state index contributed by atoms with van der Waals surface area (Å²) in [5.41, 5.74) is 2.24. The largest absolute Gasteiger partial charge is 0.496 e. The van der Waals surface area contributed by atoms with Crippen molar-refractivity contribution in [2.24, 2.45) is 0 Å². The molecular weight excluding hydrogens is 280 g/mol. The molecule has 0 saturated carbocycles. The number of Topliss-reactive ketones (excluding diaryl/α,β-unsaturated/α-hetero) is 1. The fourth-order valence-corrected chi connectivity index (χ4v) is 2.04. The smallest absolute Gasteiger partial charge is 0.230 e. The molecule has 1 amide bonds. The van der Waals surface area contributed by atoms with E-state index in [1.807, 2.05) is 13.0 Å². The summed E-state index contributed by atoms with van der Waals surface area (Å²) < 4.78 is 5.24. The SMILES string of the molecule is COc1ccc(C(C)=O)cc1CC(=O)Nc1ccc(C)cn1. The van der Waals surface area contributed by atoms with Crippen LogP contribution in [0.3, 0.4) is 0 Å². The minimum absolute atomic E-state index is 0.0514. The number of amides is 1. The number of nitrogens with zero attached hydrogens (tertiary/aromatic N) is 1. The number of hydrogen-bond acceptors (Lipinski definition) is 4. The first-order valence-electron chi connectivity index (χ1n) is 6.90. The predicted octanol–water partition coefficient (Wildman–Crippen LogP) is 2.78. The van der Waals surface area contributed by atoms with Gasteiger partial charge in [0.1, 0.15) is 11.6 Å². The Balaban J connectivity index is 2.14. The van der Waals surface area contributed by atoms with Crippen molar-refractivity contribution in [1.82, 2.24) is 4.98 Å². The van der Waals surface area contributed by atoms with Crippen molar-refractivity contribution in [2.75, 3.05) is 12.4 Å². The van der Waals surface area contributed by atoms with E-state index in [0.717, 1.165) is 5.56 Å². The molecule has 1 heterocycles. The molecule has 1 aromatic heterocycles. The van der Waals surface area contributed by atoms with E-state index in [2.05, 4.69) is 10.3 Å². The van der Waals surface area contributed by atoms with Crippen LogP contribution in [0.25, 0.3) is 0 Å². The zero-order valence-corrected chi connectivity index (χ0v) is 12.8. The molecule has 0 saturated heterocycles. The lowest BCUT2D eigenvalue weighted by Crippen LogP contribution is -2.16. The van der Waals surface area contributed by atoms with Crippen LogP contribution < -0.4 is 10.1 Å². The highest BCUT2D eigenvalue weighted by Gasteiger charge is 2.12. The number of aryl methyl sites for hydroxylation is 1. The molecule has 0 bridgehead atoms. The van der Waals surface area contributed by atoms with E-state index in [0.29, 0.717) is 22.7 Å². The van der Waals surface area contributed by atoms with Gasteiger partial charge in [-0.25, -0.2) is 4.98 Å². The summed E-state index contributed by atoms with van der Waals surface area (Å²) in [5, 5.41) is 2.73. The van der Waals surface area contributed by atoms with Gasteiger partial charge in [0.05, 0.1) is 13.5 Å². The molecule has 1 N–H and O–H groups in total. The Bertz CT molecular complexity index is 694. The van der Waals surface area contributed by atoms with E-state index in [1.54, 1.807) is 30.5 Å². The van der Waals surface area contributed by atoms with Gasteiger partial charge in [-0.3, -0.25) is 9.59 Å². The molecule has 114 valence electrons. The lowest BCUT2D eigenvalue weighted by atomic mass is 10.0. The third-order valence-electron chi connectivity index (χ3n) is 3.22. The lowest BCUT2D eigenvalue weighted by Gasteiger charge is -2.10. The molecule has 0 unspecified atom stereocenters. The van der Waals surface area contributed by atoms with Gasteiger partial charge in [-0.1, -0.05) is 6.07 Å². The minimum atomic E-state index is -0.213. The third-order valence-corrected chi connectivity index (χ3v) is 3.22. The highest BCUT2D eigenvalue weighted by atomic mass is 16.5. The van der Waals surface area contributed by atoms with Gasteiger partial charge in [0.25, 0.3) is 0 Å². The molecule has 5 nitrogen and oxygen atoms in total. The molecule has 0 aliphatic heterocycles. The van der Waals surface area contributed by atoms with Gasteiger partial charge in [0.2, 0.25) is 5.91 Å². The molecule has 0 atom stereocenters. The molecule has 0 aliphatic rings. The van der Waals surface area contributed by atoms with Crippen molar-refractivity contribution in [1.29, 1.82) is 0 Å². The minimum Gasteiger partial charge on any atom is -0.496 e. The van der Waals surface area contributed by atoms with Crippen molar-refractivity contribution >= 4 is 17.5 Å². The topological polar surface area (TPSA) is 68.3 Å². The standard InChI is InChI=1S/C17H18N2O3/c1-11-4-7-16(18-10-11)19-17(21)9-14-8-13(12(2)20)5-6-15(14)22-3/h4-8,10H,9H2,1-3H3,(H,18,19,21). The molecular formula is C17H18N2O3. The zero-order chi connectivity index (χ0) is 16.1. The number of aromatic nitrogens is 1. The van der Waals surface area contributed by atoms with Crippen molar-refractivity contribution in [2.45, 2.75) is 20.3 Å². The van der Waals surface area contributed by atoms with E-state index >= 15 is 0 Å². The van der Waals surface area contributed by atoms with Crippen LogP contribution >= 0.6 is 0 Å². The van der Waals surface area contributed by atoms with E-state index in [4.69, 9.17) is 4.74 Å². The third kappa shape index (κ3) is 3.91. The predicted molar refractivity (Wildman–Crippen MR) is 84.3 cm³/mol. The van der Waals surface area contributed by atoms with Crippen molar-refractivity contribution in [3.8, 4) is 5.75 Å². The van der Waals surface area contributed by atoms with Crippen molar-refractivity contribution in [3.05, 3.63) is 53.2 Å². The van der Waals surface area contributed by atoms with Crippen molar-refractivity contribution in [3.63, 3.8) is 0 Å². The molecule has 0 fully saturated rings. The van der Waals surface area contributed by atoms with Gasteiger partial charge in [-0.15, -0.1) is 0 Å². The summed E-state index contributed by atoms with van der Waals surface area (Å²) in [6, 6.07) is 8.69. The summed E-state index contributed by atoms with van der Waals surface area (Å²) in [4.78, 5) is 27.7. The number of ketones is 1. The molecule has 2 aromatic rings. The number of anilines is 1. The van der Waals surface area contributed by atoms with Crippen LogP contribution in [0.4, 0.5) is 5.82 Å². The van der Waals surface area contributed by atoms with Gasteiger partial charge in [-0.2, -0.15) is 0 Å². The van der Waals surface area contributed by atoms with Crippen LogP contribution in [0.2, 0.25) is 0 Å². The number of pyridine rings is 1. The fourth-order valence-electron chi connectivity index (χ4n) is 2.04. The Morgan fingerprint density at radius 2 is 2.00 bits per heavy atom. The second-order valence-corrected chi connectivity index (χ2v) is 5.03. The van der Waals surface area contributed by atoms with Crippen molar-refractivity contribution < 1.29 is 14.3 Å². The quantitative estimate of drug-likeness (QED) is 0.862. The van der Waals surface area contributed by atoms with Gasteiger partial charge in [0, 0.05) is 17.3 Å². The molecule has 0 spiro atoms. The summed E-state index contributed by atoms with van der Waals surface area (Å²) in [6.45, 7) is 3.42. The molecule has 0 radical (unpaired) electrons. The summed E-state index contributed by atoms with van der Waals surface area (Å²) in [6.07, 6.45) is 1.80. The Morgan fingerprint density at radius 3 is 2.59 bits per heavy atom. The molecule has 1 aromatic carbocycles. The molecule has 2 rings (SSSR count). The van der Waals surface area contributed by atoms with Crippen LogP contribution in [0.15, 0.2) is 36.5 Å². The Kier molecular flexibility index (Phi) is 4.88. The summed E-state index contributed by atoms with van der Waals surface area (Å²) in [5.74, 6) is 0.814. The van der Waals surface area contributed by atoms with Gasteiger partial charge in [0.15, 0.2) is 5.78 Å². The number of ether oxygens (including phenoxy) is 1. The first-order valence-corrected chi connectivity index (χ1v) is 6.90. The zero-order valence-electron chi connectivity index (χ0n) is 12.8. The number of benzene rings is 1. The highest BCUT2D eigenvalue weighted by Crippen LogP contribution is 2.21. The maximum Gasteiger partial charge on any atom is 0.230 e. The van der Waals surface area contributed by atoms with Gasteiger partial charge >= 0.3 is 0 Å². The summed E-state index contributed by atoms with van der Waals surface area (Å²) >= 11 is 0. The van der Waals surface area contributed by atoms with Crippen LogP contribution in [-0.2, 0) is 11.2 Å². The average molecular weight is 298 g/mol. The second kappa shape index (κ2) is 6.85. The van der Waals surface area contributed by atoms with Crippen LogP contribution in [0.5, 0.6) is 5.75 Å². The van der Waals surface area contributed by atoms with Gasteiger partial charge in [-0.05, 0) is 43.7 Å². The molecule has 22 heavy (non-hydrogen) atoms. The highest BCUT2D eigenvalue weighted by molar-refractivity contribution is 5.95. The van der Waals surface area contributed by atoms with Crippen LogP contribution in [0, 0.1) is 6.92 Å². The lowest BCUT2D eigenvalue weighted by molar-refractivity contribution is -0.115. The van der Waals surface area contributed by atoms with E-state index in [-0.39, 0.29) is 18.1 Å². The fraction of sp³-hybridized carbons (Fsp3) is 0.235. The number of carbonyl (C=O) groups excluding carboxylic acids is 2. The summed E-state index contributed by atoms with van der Waals surface area (Å²) in [7, 11) is 1.53. The maximum absolute atomic E-state index is 12.1. The Hall–Kier alpha value is -2.69. The number of nitrogens with one attached hydrogen (secondary N) is 1. The van der Waals surface area contributed by atoms with E-state index < -0.39 is 0 Å². The Labute approximate surface area is 129 Å². The number of carbonyl (C=O) groups is 2. The molecule has 5 heteroatoms. The van der Waals surface area contributed by atoms with Crippen LogP contribution in [-0.4, -0.2) is 23.8 Å². The van der Waals surface area contributed by atoms with Crippen LogP contribution in [0.1, 0.15) is 28.4 Å². The average Bonchev–Trinajstić information content (AvgIpc) is 2.49. The first-order chi connectivity index (χ1) is 10.5. The van der Waals surface area contributed by atoms with Gasteiger partial charge < -0.3 is 10.1 Å². The monoisotopic (exact) mass is 298 g/mol. The van der Waals surface area contributed by atoms with E-state index in [9.17, 15) is 9.59 Å².